The number of nitrogens with one attached hydrogen (secondary N) is 1. The number of carbonyl (C=O) groups is 1. The average molecular weight is 229 g/mol. The van der Waals surface area contributed by atoms with Crippen molar-refractivity contribution in [2.45, 2.75) is 13.8 Å². The first-order chi connectivity index (χ1) is 6.91. The van der Waals surface area contributed by atoms with Crippen LogP contribution < -0.4 is 5.32 Å². The van der Waals surface area contributed by atoms with Gasteiger partial charge < -0.3 is 5.32 Å². The standard InChI is InChI=1S/C9H9ClN2O3/c1-5-3-8(11-6(2)13)7(10)4-9(5)12(14)15/h3-4H,1-2H3,(H,11,13). The lowest BCUT2D eigenvalue weighted by molar-refractivity contribution is -0.385. The van der Waals surface area contributed by atoms with E-state index in [1.807, 2.05) is 0 Å². The predicted octanol–water partition coefficient (Wildman–Crippen LogP) is 2.52. The van der Waals surface area contributed by atoms with Crippen LogP contribution >= 0.6 is 11.6 Å². The molecule has 0 spiro atoms. The molecule has 0 saturated heterocycles. The Balaban J connectivity index is 3.19. The number of anilines is 1. The van der Waals surface area contributed by atoms with Crippen LogP contribution in [0.2, 0.25) is 5.02 Å². The van der Waals surface area contributed by atoms with Crippen LogP contribution in [0, 0.1) is 17.0 Å². The van der Waals surface area contributed by atoms with Crippen molar-refractivity contribution in [3.05, 3.63) is 32.8 Å². The fraction of sp³-hybridized carbons (Fsp3) is 0.222. The molecule has 0 fully saturated rings. The summed E-state index contributed by atoms with van der Waals surface area (Å²) in [5, 5.41) is 13.2. The van der Waals surface area contributed by atoms with Crippen molar-refractivity contribution in [3.8, 4) is 0 Å². The second-order valence-corrected chi connectivity index (χ2v) is 3.46. The van der Waals surface area contributed by atoms with E-state index in [9.17, 15) is 14.9 Å². The second-order valence-electron chi connectivity index (χ2n) is 3.06. The maximum Gasteiger partial charge on any atom is 0.273 e. The molecule has 1 rings (SSSR count). The lowest BCUT2D eigenvalue weighted by atomic mass is 10.2. The molecule has 5 nitrogen and oxygen atoms in total. The van der Waals surface area contributed by atoms with Crippen LogP contribution in [-0.4, -0.2) is 10.8 Å². The number of hydrogen-bond donors (Lipinski definition) is 1. The molecule has 0 aromatic heterocycles. The van der Waals surface area contributed by atoms with Gasteiger partial charge in [-0.3, -0.25) is 14.9 Å². The summed E-state index contributed by atoms with van der Waals surface area (Å²) in [6.07, 6.45) is 0. The monoisotopic (exact) mass is 228 g/mol. The van der Waals surface area contributed by atoms with Gasteiger partial charge in [-0.15, -0.1) is 0 Å². The van der Waals surface area contributed by atoms with Gasteiger partial charge in [-0.2, -0.15) is 0 Å². The Morgan fingerprint density at radius 1 is 1.53 bits per heavy atom. The van der Waals surface area contributed by atoms with Gasteiger partial charge in [0, 0.05) is 18.6 Å². The molecular formula is C9H9ClN2O3. The number of amides is 1. The Kier molecular flexibility index (Phi) is 3.26. The maximum atomic E-state index is 10.8. The highest BCUT2D eigenvalue weighted by Gasteiger charge is 2.14. The number of nitro groups is 1. The van der Waals surface area contributed by atoms with Crippen molar-refractivity contribution in [1.82, 2.24) is 0 Å². The van der Waals surface area contributed by atoms with E-state index in [1.165, 1.54) is 19.1 Å². The van der Waals surface area contributed by atoms with Gasteiger partial charge in [0.15, 0.2) is 0 Å². The molecule has 0 aliphatic carbocycles. The molecule has 0 unspecified atom stereocenters. The molecular weight excluding hydrogens is 220 g/mol. The first kappa shape index (κ1) is 11.5. The highest BCUT2D eigenvalue weighted by Crippen LogP contribution is 2.30. The quantitative estimate of drug-likeness (QED) is 0.624. The van der Waals surface area contributed by atoms with Gasteiger partial charge in [0.05, 0.1) is 15.6 Å². The van der Waals surface area contributed by atoms with Crippen molar-refractivity contribution in [3.63, 3.8) is 0 Å². The SMILES string of the molecule is CC(=O)Nc1cc(C)c([N+](=O)[O-])cc1Cl. The van der Waals surface area contributed by atoms with Crippen LogP contribution in [0.1, 0.15) is 12.5 Å². The van der Waals surface area contributed by atoms with Gasteiger partial charge in [-0.05, 0) is 13.0 Å². The van der Waals surface area contributed by atoms with Crippen molar-refractivity contribution in [2.75, 3.05) is 5.32 Å². The molecule has 0 bridgehead atoms. The summed E-state index contributed by atoms with van der Waals surface area (Å²) in [6.45, 7) is 2.92. The number of hydrogen-bond acceptors (Lipinski definition) is 3. The summed E-state index contributed by atoms with van der Waals surface area (Å²) in [5.74, 6) is -0.273. The summed E-state index contributed by atoms with van der Waals surface area (Å²) in [7, 11) is 0. The third kappa shape index (κ3) is 2.66. The molecule has 15 heavy (non-hydrogen) atoms. The van der Waals surface area contributed by atoms with Crippen LogP contribution in [0.5, 0.6) is 0 Å². The molecule has 0 heterocycles. The van der Waals surface area contributed by atoms with Crippen molar-refractivity contribution < 1.29 is 9.72 Å². The van der Waals surface area contributed by atoms with Crippen LogP contribution in [0.4, 0.5) is 11.4 Å². The molecule has 80 valence electrons. The number of rotatable bonds is 2. The van der Waals surface area contributed by atoms with E-state index in [0.29, 0.717) is 11.3 Å². The fourth-order valence-electron chi connectivity index (χ4n) is 1.15. The Hall–Kier alpha value is -1.62. The van der Waals surface area contributed by atoms with Crippen molar-refractivity contribution in [1.29, 1.82) is 0 Å². The molecule has 6 heteroatoms. The number of nitrogens with zero attached hydrogens (tertiary/aromatic N) is 1. The third-order valence-electron chi connectivity index (χ3n) is 1.79. The lowest BCUT2D eigenvalue weighted by Crippen LogP contribution is -2.07. The highest BCUT2D eigenvalue weighted by molar-refractivity contribution is 6.34. The van der Waals surface area contributed by atoms with Gasteiger partial charge in [0.25, 0.3) is 5.69 Å². The van der Waals surface area contributed by atoms with E-state index >= 15 is 0 Å². The first-order valence-corrected chi connectivity index (χ1v) is 4.51. The number of carbonyl (C=O) groups excluding carboxylic acids is 1. The Morgan fingerprint density at radius 2 is 2.13 bits per heavy atom. The Bertz CT molecular complexity index is 432. The molecule has 1 amide bonds. The molecule has 0 saturated carbocycles. The Morgan fingerprint density at radius 3 is 2.60 bits per heavy atom. The van der Waals surface area contributed by atoms with Gasteiger partial charge in [-0.25, -0.2) is 0 Å². The zero-order chi connectivity index (χ0) is 11.6. The zero-order valence-electron chi connectivity index (χ0n) is 8.20. The number of aryl methyl sites for hydroxylation is 1. The molecule has 1 aromatic carbocycles. The topological polar surface area (TPSA) is 72.2 Å². The largest absolute Gasteiger partial charge is 0.325 e. The summed E-state index contributed by atoms with van der Waals surface area (Å²) in [6, 6.07) is 2.70. The van der Waals surface area contributed by atoms with Gasteiger partial charge >= 0.3 is 0 Å². The number of benzene rings is 1. The molecule has 0 aliphatic rings. The maximum absolute atomic E-state index is 10.8. The first-order valence-electron chi connectivity index (χ1n) is 4.14. The fourth-order valence-corrected chi connectivity index (χ4v) is 1.36. The molecule has 1 N–H and O–H groups in total. The molecule has 0 atom stereocenters. The van der Waals surface area contributed by atoms with E-state index in [4.69, 9.17) is 11.6 Å². The van der Waals surface area contributed by atoms with Crippen LogP contribution in [0.25, 0.3) is 0 Å². The van der Waals surface area contributed by atoms with Gasteiger partial charge in [0.1, 0.15) is 0 Å². The van der Waals surface area contributed by atoms with E-state index in [1.54, 1.807) is 6.92 Å². The highest BCUT2D eigenvalue weighted by atomic mass is 35.5. The summed E-state index contributed by atoms with van der Waals surface area (Å²) in [5.41, 5.74) is 0.773. The second kappa shape index (κ2) is 4.27. The number of nitro benzene ring substituents is 1. The zero-order valence-corrected chi connectivity index (χ0v) is 8.96. The predicted molar refractivity (Wildman–Crippen MR) is 57.1 cm³/mol. The molecule has 0 aliphatic heterocycles. The van der Waals surface area contributed by atoms with E-state index in [-0.39, 0.29) is 16.6 Å². The van der Waals surface area contributed by atoms with Crippen LogP contribution in [-0.2, 0) is 4.79 Å². The van der Waals surface area contributed by atoms with Crippen molar-refractivity contribution >= 4 is 28.9 Å². The molecule has 1 aromatic rings. The van der Waals surface area contributed by atoms with Gasteiger partial charge in [-0.1, -0.05) is 11.6 Å². The van der Waals surface area contributed by atoms with Crippen LogP contribution in [0.3, 0.4) is 0 Å². The van der Waals surface area contributed by atoms with E-state index < -0.39 is 4.92 Å². The minimum atomic E-state index is -0.515. The average Bonchev–Trinajstić information content (AvgIpc) is 2.09. The van der Waals surface area contributed by atoms with E-state index in [2.05, 4.69) is 5.32 Å². The van der Waals surface area contributed by atoms with E-state index in [0.717, 1.165) is 0 Å². The smallest absolute Gasteiger partial charge is 0.273 e. The summed E-state index contributed by atoms with van der Waals surface area (Å²) in [4.78, 5) is 20.8. The minimum Gasteiger partial charge on any atom is -0.325 e. The van der Waals surface area contributed by atoms with Crippen molar-refractivity contribution in [2.24, 2.45) is 0 Å². The summed E-state index contributed by atoms with van der Waals surface area (Å²) >= 11 is 5.77. The Labute approximate surface area is 91.2 Å². The van der Waals surface area contributed by atoms with Crippen LogP contribution in [0.15, 0.2) is 12.1 Å². The lowest BCUT2D eigenvalue weighted by Gasteiger charge is -2.06. The third-order valence-corrected chi connectivity index (χ3v) is 2.11. The minimum absolute atomic E-state index is 0.0610. The molecule has 0 radical (unpaired) electrons. The summed E-state index contributed by atoms with van der Waals surface area (Å²) < 4.78 is 0. The number of halogens is 1. The van der Waals surface area contributed by atoms with Gasteiger partial charge in [0.2, 0.25) is 5.91 Å². The normalized spacial score (nSPS) is 9.80.